The third-order valence-electron chi connectivity index (χ3n) is 2.37. The van der Waals surface area contributed by atoms with Crippen LogP contribution >= 0.6 is 0 Å². The van der Waals surface area contributed by atoms with E-state index in [-0.39, 0.29) is 17.1 Å². The molecule has 0 radical (unpaired) electrons. The summed E-state index contributed by atoms with van der Waals surface area (Å²) in [6, 6.07) is 2.94. The second-order valence-corrected chi connectivity index (χ2v) is 8.82. The first-order chi connectivity index (χ1) is 9.31. The molecular weight excluding hydrogens is 321 g/mol. The molecule has 0 saturated heterocycles. The molecule has 21 heavy (non-hydrogen) atoms. The highest BCUT2D eigenvalue weighted by Crippen LogP contribution is 2.16. The predicted octanol–water partition coefficient (Wildman–Crippen LogP) is 0.0140. The van der Waals surface area contributed by atoms with E-state index in [1.807, 2.05) is 0 Å². The first-order valence-corrected chi connectivity index (χ1v) is 9.23. The van der Waals surface area contributed by atoms with Crippen LogP contribution in [-0.2, 0) is 20.0 Å². The van der Waals surface area contributed by atoms with E-state index in [4.69, 9.17) is 5.73 Å². The van der Waals surface area contributed by atoms with Crippen LogP contribution in [0, 0.1) is 5.82 Å². The Bertz CT molecular complexity index is 710. The highest BCUT2D eigenvalue weighted by Gasteiger charge is 2.25. The average molecular weight is 339 g/mol. The van der Waals surface area contributed by atoms with Crippen LogP contribution in [0.5, 0.6) is 0 Å². The number of halogens is 1. The Balaban J connectivity index is 2.91. The average Bonchev–Trinajstić information content (AvgIpc) is 2.22. The van der Waals surface area contributed by atoms with E-state index in [2.05, 4.69) is 9.44 Å². The van der Waals surface area contributed by atoms with Gasteiger partial charge in [0.15, 0.2) is 0 Å². The second kappa shape index (κ2) is 5.87. The number of hydrogen-bond donors (Lipinski definition) is 3. The molecular formula is C11H18FN3O4S2. The van der Waals surface area contributed by atoms with Gasteiger partial charge in [0.1, 0.15) is 5.82 Å². The zero-order chi connectivity index (χ0) is 16.5. The van der Waals surface area contributed by atoms with Gasteiger partial charge in [-0.2, -0.15) is 0 Å². The molecule has 0 fully saturated rings. The smallest absolute Gasteiger partial charge is 0.240 e. The molecule has 7 nitrogen and oxygen atoms in total. The molecule has 0 aliphatic heterocycles. The van der Waals surface area contributed by atoms with Crippen LogP contribution < -0.4 is 15.2 Å². The van der Waals surface area contributed by atoms with Crippen molar-refractivity contribution >= 4 is 25.7 Å². The molecule has 0 spiro atoms. The maximum absolute atomic E-state index is 13.2. The molecule has 0 amide bonds. The molecule has 0 saturated carbocycles. The van der Waals surface area contributed by atoms with Crippen LogP contribution in [0.3, 0.4) is 0 Å². The molecule has 1 aromatic rings. The molecule has 0 atom stereocenters. The molecule has 1 aromatic carbocycles. The molecule has 0 aromatic heterocycles. The molecule has 0 heterocycles. The van der Waals surface area contributed by atoms with Gasteiger partial charge in [-0.1, -0.05) is 0 Å². The van der Waals surface area contributed by atoms with Crippen molar-refractivity contribution in [1.29, 1.82) is 0 Å². The first-order valence-electron chi connectivity index (χ1n) is 5.85. The first kappa shape index (κ1) is 17.8. The van der Waals surface area contributed by atoms with E-state index >= 15 is 0 Å². The maximum atomic E-state index is 13.2. The van der Waals surface area contributed by atoms with E-state index in [1.54, 1.807) is 0 Å². The fraction of sp³-hybridized carbons (Fsp3) is 0.455. The summed E-state index contributed by atoms with van der Waals surface area (Å²) in [5.74, 6) is -0.774. The van der Waals surface area contributed by atoms with Crippen LogP contribution in [0.4, 0.5) is 10.1 Å². The highest BCUT2D eigenvalue weighted by atomic mass is 32.2. The van der Waals surface area contributed by atoms with Gasteiger partial charge in [0.2, 0.25) is 20.0 Å². The maximum Gasteiger partial charge on any atom is 0.240 e. The number of nitrogens with one attached hydrogen (secondary N) is 2. The van der Waals surface area contributed by atoms with Gasteiger partial charge in [0, 0.05) is 17.8 Å². The van der Waals surface area contributed by atoms with E-state index in [1.165, 1.54) is 13.8 Å². The molecule has 4 N–H and O–H groups in total. The molecule has 0 unspecified atom stereocenters. The third-order valence-corrected chi connectivity index (χ3v) is 4.67. The van der Waals surface area contributed by atoms with Gasteiger partial charge in [-0.3, -0.25) is 0 Å². The number of rotatable bonds is 6. The number of benzene rings is 1. The van der Waals surface area contributed by atoms with Gasteiger partial charge in [-0.25, -0.2) is 30.7 Å². The van der Waals surface area contributed by atoms with Crippen molar-refractivity contribution in [2.24, 2.45) is 0 Å². The lowest BCUT2D eigenvalue weighted by Gasteiger charge is -2.25. The van der Waals surface area contributed by atoms with E-state index in [0.717, 1.165) is 24.5 Å². The van der Waals surface area contributed by atoms with Crippen molar-refractivity contribution < 1.29 is 21.2 Å². The summed E-state index contributed by atoms with van der Waals surface area (Å²) >= 11 is 0. The van der Waals surface area contributed by atoms with Crippen LogP contribution in [0.15, 0.2) is 23.1 Å². The number of nitrogen functional groups attached to an aromatic ring is 1. The van der Waals surface area contributed by atoms with Crippen LogP contribution in [0.1, 0.15) is 13.8 Å². The zero-order valence-electron chi connectivity index (χ0n) is 11.8. The van der Waals surface area contributed by atoms with Crippen LogP contribution in [0.2, 0.25) is 0 Å². The largest absolute Gasteiger partial charge is 0.399 e. The minimum atomic E-state index is -4.00. The Morgan fingerprint density at radius 1 is 1.19 bits per heavy atom. The minimum absolute atomic E-state index is 0.0242. The molecule has 120 valence electrons. The van der Waals surface area contributed by atoms with E-state index < -0.39 is 31.4 Å². The Morgan fingerprint density at radius 3 is 2.24 bits per heavy atom. The van der Waals surface area contributed by atoms with Crippen molar-refractivity contribution in [2.75, 3.05) is 18.5 Å². The monoisotopic (exact) mass is 339 g/mol. The summed E-state index contributed by atoms with van der Waals surface area (Å²) in [5, 5.41) is 0. The second-order valence-electron chi connectivity index (χ2n) is 5.30. The summed E-state index contributed by atoms with van der Waals surface area (Å²) in [7, 11) is -7.49. The Kier molecular flexibility index (Phi) is 4.98. The number of nitrogens with two attached hydrogens (primary N) is 1. The number of hydrogen-bond acceptors (Lipinski definition) is 5. The van der Waals surface area contributed by atoms with Crippen molar-refractivity contribution in [3.63, 3.8) is 0 Å². The van der Waals surface area contributed by atoms with Gasteiger partial charge >= 0.3 is 0 Å². The van der Waals surface area contributed by atoms with Crippen molar-refractivity contribution in [3.8, 4) is 0 Å². The number of anilines is 1. The Labute approximate surface area is 123 Å². The summed E-state index contributed by atoms with van der Waals surface area (Å²) in [5.41, 5.74) is 4.33. The summed E-state index contributed by atoms with van der Waals surface area (Å²) in [4.78, 5) is -0.324. The summed E-state index contributed by atoms with van der Waals surface area (Å²) in [6.45, 7) is 2.81. The fourth-order valence-corrected chi connectivity index (χ4v) is 3.99. The molecule has 0 aliphatic rings. The SMILES string of the molecule is CC(C)(CNS(=O)(=O)c1cc(N)cc(F)c1)NS(C)(=O)=O. The summed E-state index contributed by atoms with van der Waals surface area (Å²) in [6.07, 6.45) is 0.969. The van der Waals surface area contributed by atoms with Gasteiger partial charge in [-0.05, 0) is 32.0 Å². The lowest BCUT2D eigenvalue weighted by atomic mass is 10.1. The molecule has 0 aliphatic carbocycles. The molecule has 10 heteroatoms. The zero-order valence-corrected chi connectivity index (χ0v) is 13.5. The van der Waals surface area contributed by atoms with Gasteiger partial charge in [0.05, 0.1) is 11.2 Å². The topological polar surface area (TPSA) is 118 Å². The Morgan fingerprint density at radius 2 is 1.76 bits per heavy atom. The summed E-state index contributed by atoms with van der Waals surface area (Å²) < 4.78 is 64.1. The van der Waals surface area contributed by atoms with Gasteiger partial charge < -0.3 is 5.73 Å². The van der Waals surface area contributed by atoms with Crippen LogP contribution in [-0.4, -0.2) is 35.2 Å². The highest BCUT2D eigenvalue weighted by molar-refractivity contribution is 7.89. The molecule has 1 rings (SSSR count). The standard InChI is InChI=1S/C11H18FN3O4S2/c1-11(2,15-20(3,16)17)7-14-21(18,19)10-5-8(12)4-9(13)6-10/h4-6,14-15H,7,13H2,1-3H3. The van der Waals surface area contributed by atoms with Crippen molar-refractivity contribution in [2.45, 2.75) is 24.3 Å². The van der Waals surface area contributed by atoms with Crippen LogP contribution in [0.25, 0.3) is 0 Å². The quantitative estimate of drug-likeness (QED) is 0.631. The Hall–Kier alpha value is -1.23. The predicted molar refractivity (Wildman–Crippen MR) is 78.1 cm³/mol. The molecule has 0 bridgehead atoms. The van der Waals surface area contributed by atoms with Crippen molar-refractivity contribution in [3.05, 3.63) is 24.0 Å². The van der Waals surface area contributed by atoms with Gasteiger partial charge in [-0.15, -0.1) is 0 Å². The van der Waals surface area contributed by atoms with E-state index in [9.17, 15) is 21.2 Å². The minimum Gasteiger partial charge on any atom is -0.399 e. The third kappa shape index (κ3) is 5.96. The lowest BCUT2D eigenvalue weighted by molar-refractivity contribution is 0.446. The van der Waals surface area contributed by atoms with Gasteiger partial charge in [0.25, 0.3) is 0 Å². The van der Waals surface area contributed by atoms with Crippen molar-refractivity contribution in [1.82, 2.24) is 9.44 Å². The lowest BCUT2D eigenvalue weighted by Crippen LogP contribution is -2.50. The van der Waals surface area contributed by atoms with E-state index in [0.29, 0.717) is 0 Å². The normalized spacial score (nSPS) is 13.3. The number of sulfonamides is 2. The fourth-order valence-electron chi connectivity index (χ4n) is 1.64.